The highest BCUT2D eigenvalue weighted by molar-refractivity contribution is 8.18. The van der Waals surface area contributed by atoms with Gasteiger partial charge in [0, 0.05) is 17.1 Å². The lowest BCUT2D eigenvalue weighted by atomic mass is 10.2. The summed E-state index contributed by atoms with van der Waals surface area (Å²) in [6.07, 6.45) is 1.29. The van der Waals surface area contributed by atoms with Gasteiger partial charge in [-0.15, -0.1) is 0 Å². The fourth-order valence-electron chi connectivity index (χ4n) is 3.15. The molecule has 6 nitrogen and oxygen atoms in total. The van der Waals surface area contributed by atoms with Gasteiger partial charge in [0.05, 0.1) is 11.0 Å². The maximum absolute atomic E-state index is 13.6. The molecule has 2 aromatic rings. The van der Waals surface area contributed by atoms with Crippen LogP contribution >= 0.6 is 11.8 Å². The largest absolute Gasteiger partial charge is 0.462 e. The molecule has 1 fully saturated rings. The van der Waals surface area contributed by atoms with E-state index in [2.05, 4.69) is 0 Å². The first-order chi connectivity index (χ1) is 13.7. The molecule has 0 unspecified atom stereocenters. The van der Waals surface area contributed by atoms with Gasteiger partial charge in [-0.1, -0.05) is 6.07 Å². The van der Waals surface area contributed by atoms with Crippen LogP contribution in [-0.4, -0.2) is 39.2 Å². The van der Waals surface area contributed by atoms with Crippen LogP contribution in [0.15, 0.2) is 35.2 Å². The SMILES string of the molecule is Cc1cc(/C=C2/SC(=O)N(CC(=O)OC(C)C)C2=O)c(C)n1-c1cccc(F)c1. The van der Waals surface area contributed by atoms with E-state index in [-0.39, 0.29) is 16.8 Å². The topological polar surface area (TPSA) is 68.6 Å². The van der Waals surface area contributed by atoms with Gasteiger partial charge in [0.1, 0.15) is 12.4 Å². The van der Waals surface area contributed by atoms with Crippen LogP contribution < -0.4 is 0 Å². The quantitative estimate of drug-likeness (QED) is 0.539. The number of aromatic nitrogens is 1. The number of rotatable bonds is 5. The molecule has 1 aromatic carbocycles. The summed E-state index contributed by atoms with van der Waals surface area (Å²) in [6, 6.07) is 8.09. The molecule has 2 amide bonds. The first kappa shape index (κ1) is 20.9. The van der Waals surface area contributed by atoms with E-state index in [9.17, 15) is 18.8 Å². The second kappa shape index (κ2) is 8.24. The summed E-state index contributed by atoms with van der Waals surface area (Å²) in [6.45, 7) is 6.71. The molecule has 0 saturated carbocycles. The molecule has 3 rings (SSSR count). The zero-order valence-corrected chi connectivity index (χ0v) is 17.4. The van der Waals surface area contributed by atoms with Gasteiger partial charge >= 0.3 is 5.97 Å². The van der Waals surface area contributed by atoms with Crippen molar-refractivity contribution in [2.75, 3.05) is 6.54 Å². The highest BCUT2D eigenvalue weighted by Gasteiger charge is 2.37. The maximum atomic E-state index is 13.6. The minimum atomic E-state index is -0.632. The van der Waals surface area contributed by atoms with E-state index >= 15 is 0 Å². The van der Waals surface area contributed by atoms with E-state index in [4.69, 9.17) is 4.74 Å². The van der Waals surface area contributed by atoms with Crippen LogP contribution in [0.3, 0.4) is 0 Å². The third kappa shape index (κ3) is 4.42. The lowest BCUT2D eigenvalue weighted by Crippen LogP contribution is -2.35. The van der Waals surface area contributed by atoms with E-state index in [0.29, 0.717) is 5.69 Å². The minimum Gasteiger partial charge on any atom is -0.462 e. The molecule has 0 spiro atoms. The summed E-state index contributed by atoms with van der Waals surface area (Å²) >= 11 is 0.781. The number of benzene rings is 1. The van der Waals surface area contributed by atoms with E-state index in [0.717, 1.165) is 33.6 Å². The van der Waals surface area contributed by atoms with Gasteiger partial charge in [-0.05, 0) is 75.4 Å². The Morgan fingerprint density at radius 3 is 2.62 bits per heavy atom. The Bertz CT molecular complexity index is 1030. The molecular weight excluding hydrogens is 395 g/mol. The van der Waals surface area contributed by atoms with Crippen molar-refractivity contribution in [3.8, 4) is 5.69 Å². The number of ether oxygens (including phenoxy) is 1. The average Bonchev–Trinajstić information content (AvgIpc) is 3.04. The zero-order valence-electron chi connectivity index (χ0n) is 16.6. The summed E-state index contributed by atoms with van der Waals surface area (Å²) in [7, 11) is 0. The summed E-state index contributed by atoms with van der Waals surface area (Å²) in [5.41, 5.74) is 3.07. The number of imide groups is 1. The summed E-state index contributed by atoms with van der Waals surface area (Å²) in [5, 5.41) is -0.513. The lowest BCUT2D eigenvalue weighted by Gasteiger charge is -2.13. The smallest absolute Gasteiger partial charge is 0.326 e. The standard InChI is InChI=1S/C21H21FN2O4S/c1-12(2)28-19(25)11-23-20(26)18(29-21(23)27)9-15-8-13(3)24(14(15)4)17-7-5-6-16(22)10-17/h5-10,12H,11H2,1-4H3/b18-9+. The normalized spacial score (nSPS) is 15.7. The number of esters is 1. The number of carbonyl (C=O) groups excluding carboxylic acids is 3. The Kier molecular flexibility index (Phi) is 5.93. The molecule has 1 aliphatic rings. The number of carbonyl (C=O) groups is 3. The number of hydrogen-bond donors (Lipinski definition) is 0. The van der Waals surface area contributed by atoms with E-state index in [1.165, 1.54) is 12.1 Å². The van der Waals surface area contributed by atoms with Crippen LogP contribution in [0.25, 0.3) is 11.8 Å². The van der Waals surface area contributed by atoms with Gasteiger partial charge in [-0.25, -0.2) is 4.39 Å². The highest BCUT2D eigenvalue weighted by Crippen LogP contribution is 2.33. The van der Waals surface area contributed by atoms with Crippen LogP contribution in [0.5, 0.6) is 0 Å². The summed E-state index contributed by atoms with van der Waals surface area (Å²) in [4.78, 5) is 37.7. The summed E-state index contributed by atoms with van der Waals surface area (Å²) in [5.74, 6) is -1.50. The van der Waals surface area contributed by atoms with Crippen molar-refractivity contribution in [1.29, 1.82) is 0 Å². The van der Waals surface area contributed by atoms with Gasteiger partial charge in [0.2, 0.25) is 0 Å². The minimum absolute atomic E-state index is 0.229. The van der Waals surface area contributed by atoms with Crippen LogP contribution in [0, 0.1) is 19.7 Å². The van der Waals surface area contributed by atoms with Crippen molar-refractivity contribution >= 4 is 35.0 Å². The Hall–Kier alpha value is -2.87. The third-order valence-corrected chi connectivity index (χ3v) is 5.26. The second-order valence-electron chi connectivity index (χ2n) is 6.95. The molecule has 0 radical (unpaired) electrons. The molecule has 0 N–H and O–H groups in total. The molecule has 8 heteroatoms. The molecule has 29 heavy (non-hydrogen) atoms. The Balaban J connectivity index is 1.88. The van der Waals surface area contributed by atoms with Gasteiger partial charge in [-0.2, -0.15) is 0 Å². The molecule has 1 saturated heterocycles. The third-order valence-electron chi connectivity index (χ3n) is 4.35. The first-order valence-electron chi connectivity index (χ1n) is 9.07. The molecule has 2 heterocycles. The van der Waals surface area contributed by atoms with E-state index in [1.807, 2.05) is 24.5 Å². The molecule has 0 atom stereocenters. The van der Waals surface area contributed by atoms with Crippen molar-refractivity contribution in [2.45, 2.75) is 33.8 Å². The first-order valence-corrected chi connectivity index (χ1v) is 9.88. The molecule has 1 aromatic heterocycles. The van der Waals surface area contributed by atoms with Crippen molar-refractivity contribution < 1.29 is 23.5 Å². The Morgan fingerprint density at radius 1 is 1.24 bits per heavy atom. The van der Waals surface area contributed by atoms with Crippen LogP contribution in [0.1, 0.15) is 30.8 Å². The van der Waals surface area contributed by atoms with Crippen molar-refractivity contribution in [2.24, 2.45) is 0 Å². The van der Waals surface area contributed by atoms with Gasteiger partial charge < -0.3 is 9.30 Å². The fraction of sp³-hybridized carbons (Fsp3) is 0.286. The average molecular weight is 416 g/mol. The molecule has 0 aliphatic carbocycles. The number of aryl methyl sites for hydroxylation is 1. The highest BCUT2D eigenvalue weighted by atomic mass is 32.2. The van der Waals surface area contributed by atoms with Crippen LogP contribution in [0.2, 0.25) is 0 Å². The maximum Gasteiger partial charge on any atom is 0.326 e. The zero-order chi connectivity index (χ0) is 21.3. The van der Waals surface area contributed by atoms with E-state index in [1.54, 1.807) is 32.1 Å². The van der Waals surface area contributed by atoms with E-state index < -0.39 is 23.7 Å². The number of hydrogen-bond acceptors (Lipinski definition) is 5. The van der Waals surface area contributed by atoms with Crippen molar-refractivity contribution in [1.82, 2.24) is 9.47 Å². The van der Waals surface area contributed by atoms with Crippen LogP contribution in [0.4, 0.5) is 9.18 Å². The van der Waals surface area contributed by atoms with Crippen molar-refractivity contribution in [3.63, 3.8) is 0 Å². The molecule has 152 valence electrons. The predicted octanol–water partition coefficient (Wildman–Crippen LogP) is 4.22. The van der Waals surface area contributed by atoms with Crippen molar-refractivity contribution in [3.05, 3.63) is 58.0 Å². The van der Waals surface area contributed by atoms with Gasteiger partial charge in [0.15, 0.2) is 0 Å². The summed E-state index contributed by atoms with van der Waals surface area (Å²) < 4.78 is 20.5. The lowest BCUT2D eigenvalue weighted by molar-refractivity contribution is -0.149. The fourth-order valence-corrected chi connectivity index (χ4v) is 3.98. The Labute approximate surface area is 172 Å². The van der Waals surface area contributed by atoms with Gasteiger partial charge in [-0.3, -0.25) is 19.3 Å². The number of halogens is 1. The number of amides is 2. The monoisotopic (exact) mass is 416 g/mol. The van der Waals surface area contributed by atoms with Gasteiger partial charge in [0.25, 0.3) is 11.1 Å². The molecule has 1 aliphatic heterocycles. The van der Waals surface area contributed by atoms with Crippen LogP contribution in [-0.2, 0) is 14.3 Å². The predicted molar refractivity (Wildman–Crippen MR) is 109 cm³/mol. The molecule has 0 bridgehead atoms. The number of thioether (sulfide) groups is 1. The molecular formula is C21H21FN2O4S. The Morgan fingerprint density at radius 2 is 1.97 bits per heavy atom. The second-order valence-corrected chi connectivity index (χ2v) is 7.94. The number of nitrogens with zero attached hydrogens (tertiary/aromatic N) is 2.